The molecule has 0 aliphatic carbocycles. The fourth-order valence-corrected chi connectivity index (χ4v) is 5.13. The molecule has 0 atom stereocenters. The summed E-state index contributed by atoms with van der Waals surface area (Å²) in [5.41, 5.74) is 3.55. The van der Waals surface area contributed by atoms with E-state index in [9.17, 15) is 14.0 Å². The normalized spacial score (nSPS) is 14.9. The molecule has 0 unspecified atom stereocenters. The molecule has 0 saturated carbocycles. The smallest absolute Gasteiger partial charge is 0.238 e. The maximum atomic E-state index is 13.1. The van der Waals surface area contributed by atoms with E-state index in [1.807, 2.05) is 13.0 Å². The van der Waals surface area contributed by atoms with Crippen LogP contribution in [0.2, 0.25) is 0 Å². The number of nitrogens with zero attached hydrogens (tertiary/aromatic N) is 3. The molecule has 34 heavy (non-hydrogen) atoms. The van der Waals surface area contributed by atoms with Crippen molar-refractivity contribution in [2.24, 2.45) is 0 Å². The van der Waals surface area contributed by atoms with E-state index in [2.05, 4.69) is 44.1 Å². The summed E-state index contributed by atoms with van der Waals surface area (Å²) in [5, 5.41) is 4.89. The Bertz CT molecular complexity index is 1120. The molecule has 1 fully saturated rings. The second kappa shape index (κ2) is 11.1. The van der Waals surface area contributed by atoms with Crippen LogP contribution >= 0.6 is 11.3 Å². The van der Waals surface area contributed by atoms with Crippen molar-refractivity contribution in [2.45, 2.75) is 26.8 Å². The Balaban J connectivity index is 1.24. The van der Waals surface area contributed by atoms with Gasteiger partial charge in [0.25, 0.3) is 0 Å². The van der Waals surface area contributed by atoms with Gasteiger partial charge in [0.15, 0.2) is 5.78 Å². The molecule has 4 rings (SSSR count). The number of anilines is 1. The highest BCUT2D eigenvalue weighted by Crippen LogP contribution is 2.19. The Morgan fingerprint density at radius 3 is 2.32 bits per heavy atom. The first-order valence-corrected chi connectivity index (χ1v) is 12.5. The van der Waals surface area contributed by atoms with Gasteiger partial charge in [-0.2, -0.15) is 0 Å². The molecule has 1 N–H and O–H groups in total. The quantitative estimate of drug-likeness (QED) is 0.469. The molecule has 6 nitrogen and oxygen atoms in total. The number of benzene rings is 1. The van der Waals surface area contributed by atoms with E-state index in [1.165, 1.54) is 17.0 Å². The number of aromatic nitrogens is 1. The van der Waals surface area contributed by atoms with Crippen LogP contribution in [0.3, 0.4) is 0 Å². The van der Waals surface area contributed by atoms with Crippen LogP contribution in [-0.4, -0.2) is 65.3 Å². The zero-order chi connectivity index (χ0) is 24.1. The number of Topliss-reactive ketones (excluding diaryl/α,β-unsaturated/α-hetero) is 1. The molecule has 1 aliphatic rings. The maximum absolute atomic E-state index is 13.1. The number of rotatable bonds is 9. The molecule has 8 heteroatoms. The molecule has 1 aliphatic heterocycles. The van der Waals surface area contributed by atoms with Gasteiger partial charge in [0.2, 0.25) is 5.91 Å². The van der Waals surface area contributed by atoms with Gasteiger partial charge in [0, 0.05) is 60.2 Å². The van der Waals surface area contributed by atoms with Crippen LogP contribution in [0.1, 0.15) is 26.6 Å². The van der Waals surface area contributed by atoms with Crippen molar-refractivity contribution in [1.29, 1.82) is 0 Å². The zero-order valence-corrected chi connectivity index (χ0v) is 20.5. The van der Waals surface area contributed by atoms with Crippen LogP contribution in [0.15, 0.2) is 47.8 Å². The summed E-state index contributed by atoms with van der Waals surface area (Å²) in [4.78, 5) is 30.9. The summed E-state index contributed by atoms with van der Waals surface area (Å²) < 4.78 is 15.3. The molecular formula is C26H31FN4O2S. The summed E-state index contributed by atoms with van der Waals surface area (Å²) in [5.74, 6) is -0.298. The second-order valence-electron chi connectivity index (χ2n) is 8.80. The summed E-state index contributed by atoms with van der Waals surface area (Å²) in [6, 6.07) is 12.0. The van der Waals surface area contributed by atoms with Gasteiger partial charge < -0.3 is 9.88 Å². The van der Waals surface area contributed by atoms with Crippen molar-refractivity contribution in [1.82, 2.24) is 14.4 Å². The number of aryl methyl sites for hydroxylation is 2. The first-order chi connectivity index (χ1) is 16.4. The summed E-state index contributed by atoms with van der Waals surface area (Å²) in [7, 11) is 0. The van der Waals surface area contributed by atoms with Crippen molar-refractivity contribution in [2.75, 3.05) is 44.6 Å². The van der Waals surface area contributed by atoms with Crippen molar-refractivity contribution in [3.63, 3.8) is 0 Å². The number of amides is 1. The van der Waals surface area contributed by atoms with E-state index in [1.54, 1.807) is 23.5 Å². The number of nitrogens with one attached hydrogen (secondary N) is 1. The van der Waals surface area contributed by atoms with Gasteiger partial charge in [-0.1, -0.05) is 6.07 Å². The lowest BCUT2D eigenvalue weighted by molar-refractivity contribution is -0.117. The average Bonchev–Trinajstić information content (AvgIpc) is 3.43. The molecule has 1 saturated heterocycles. The van der Waals surface area contributed by atoms with E-state index < -0.39 is 0 Å². The molecule has 180 valence electrons. The molecule has 1 aromatic carbocycles. The van der Waals surface area contributed by atoms with E-state index >= 15 is 0 Å². The van der Waals surface area contributed by atoms with Gasteiger partial charge in [0.05, 0.1) is 13.1 Å². The van der Waals surface area contributed by atoms with Gasteiger partial charge >= 0.3 is 0 Å². The minimum atomic E-state index is -0.330. The maximum Gasteiger partial charge on any atom is 0.238 e. The first kappa shape index (κ1) is 24.3. The Labute approximate surface area is 204 Å². The zero-order valence-electron chi connectivity index (χ0n) is 19.7. The third-order valence-electron chi connectivity index (χ3n) is 6.36. The SMILES string of the molecule is Cc1cc(C(=O)CN2CCN(CC(=O)Nc3ccc(F)cc3)CC2)c(C)n1CCc1cccs1. The number of carbonyl (C=O) groups is 2. The van der Waals surface area contributed by atoms with E-state index in [0.29, 0.717) is 12.2 Å². The Kier molecular flexibility index (Phi) is 7.92. The van der Waals surface area contributed by atoms with Gasteiger partial charge in [-0.25, -0.2) is 4.39 Å². The van der Waals surface area contributed by atoms with Crippen LogP contribution in [0.4, 0.5) is 10.1 Å². The fraction of sp³-hybridized carbons (Fsp3) is 0.385. The number of hydrogen-bond acceptors (Lipinski definition) is 5. The van der Waals surface area contributed by atoms with Crippen LogP contribution in [-0.2, 0) is 17.8 Å². The minimum Gasteiger partial charge on any atom is -0.348 e. The summed E-state index contributed by atoms with van der Waals surface area (Å²) in [6.45, 7) is 8.59. The lowest BCUT2D eigenvalue weighted by Gasteiger charge is -2.33. The summed E-state index contributed by atoms with van der Waals surface area (Å²) in [6.07, 6.45) is 0.971. The van der Waals surface area contributed by atoms with Crippen LogP contribution in [0.25, 0.3) is 0 Å². The van der Waals surface area contributed by atoms with Gasteiger partial charge in [-0.3, -0.25) is 19.4 Å². The molecule has 2 aromatic heterocycles. The monoisotopic (exact) mass is 482 g/mol. The van der Waals surface area contributed by atoms with Crippen LogP contribution < -0.4 is 5.32 Å². The van der Waals surface area contributed by atoms with E-state index in [0.717, 1.165) is 56.1 Å². The first-order valence-electron chi connectivity index (χ1n) is 11.6. The molecule has 1 amide bonds. The van der Waals surface area contributed by atoms with Crippen LogP contribution in [0.5, 0.6) is 0 Å². The number of piperazine rings is 1. The number of halogens is 1. The lowest BCUT2D eigenvalue weighted by Crippen LogP contribution is -2.49. The van der Waals surface area contributed by atoms with Crippen molar-refractivity contribution < 1.29 is 14.0 Å². The predicted molar refractivity (Wildman–Crippen MR) is 134 cm³/mol. The molecule has 3 heterocycles. The molecular weight excluding hydrogens is 451 g/mol. The third-order valence-corrected chi connectivity index (χ3v) is 7.30. The highest BCUT2D eigenvalue weighted by Gasteiger charge is 2.23. The average molecular weight is 483 g/mol. The van der Waals surface area contributed by atoms with Gasteiger partial charge in [0.1, 0.15) is 5.82 Å². The standard InChI is InChI=1S/C26H31FN4O2S/c1-19-16-24(20(2)31(19)10-9-23-4-3-15-34-23)25(32)17-29-11-13-30(14-12-29)18-26(33)28-22-7-5-21(27)6-8-22/h3-8,15-16H,9-14,17-18H2,1-2H3,(H,28,33). The topological polar surface area (TPSA) is 57.6 Å². The highest BCUT2D eigenvalue weighted by atomic mass is 32.1. The number of ketones is 1. The van der Waals surface area contributed by atoms with Crippen molar-refractivity contribution in [3.8, 4) is 0 Å². The molecule has 0 spiro atoms. The number of thiophene rings is 1. The number of carbonyl (C=O) groups excluding carboxylic acids is 2. The predicted octanol–water partition coefficient (Wildman–Crippen LogP) is 3.99. The molecule has 0 bridgehead atoms. The summed E-state index contributed by atoms with van der Waals surface area (Å²) >= 11 is 1.77. The largest absolute Gasteiger partial charge is 0.348 e. The Morgan fingerprint density at radius 2 is 1.68 bits per heavy atom. The van der Waals surface area contributed by atoms with Crippen molar-refractivity contribution >= 4 is 28.7 Å². The third kappa shape index (κ3) is 6.20. The van der Waals surface area contributed by atoms with Gasteiger partial charge in [-0.05, 0) is 62.0 Å². The number of hydrogen-bond donors (Lipinski definition) is 1. The van der Waals surface area contributed by atoms with Crippen LogP contribution in [0, 0.1) is 19.7 Å². The molecule has 0 radical (unpaired) electrons. The Hall–Kier alpha value is -2.81. The minimum absolute atomic E-state index is 0.119. The van der Waals surface area contributed by atoms with E-state index in [4.69, 9.17) is 0 Å². The van der Waals surface area contributed by atoms with Crippen molar-refractivity contribution in [3.05, 3.63) is 75.5 Å². The lowest BCUT2D eigenvalue weighted by atomic mass is 10.1. The fourth-order valence-electron chi connectivity index (χ4n) is 4.43. The van der Waals surface area contributed by atoms with E-state index in [-0.39, 0.29) is 24.1 Å². The Morgan fingerprint density at radius 1 is 1.00 bits per heavy atom. The molecule has 3 aromatic rings. The second-order valence-corrected chi connectivity index (χ2v) is 9.83. The highest BCUT2D eigenvalue weighted by molar-refractivity contribution is 7.09. The van der Waals surface area contributed by atoms with Gasteiger partial charge in [-0.15, -0.1) is 11.3 Å².